The molecule has 0 saturated carbocycles. The van der Waals surface area contributed by atoms with Crippen LogP contribution in [-0.2, 0) is 22.4 Å². The van der Waals surface area contributed by atoms with E-state index in [0.717, 1.165) is 11.3 Å². The fraction of sp³-hybridized carbons (Fsp3) is 0.300. The molecular formula is C20H23FN2O3. The molecule has 0 aromatic heterocycles. The van der Waals surface area contributed by atoms with Crippen LogP contribution in [0.3, 0.4) is 0 Å². The Morgan fingerprint density at radius 1 is 0.962 bits per heavy atom. The van der Waals surface area contributed by atoms with E-state index in [0.29, 0.717) is 24.9 Å². The van der Waals surface area contributed by atoms with Crippen molar-refractivity contribution in [1.29, 1.82) is 0 Å². The van der Waals surface area contributed by atoms with Crippen LogP contribution in [0.2, 0.25) is 0 Å². The van der Waals surface area contributed by atoms with Crippen molar-refractivity contribution in [2.24, 2.45) is 0 Å². The summed E-state index contributed by atoms with van der Waals surface area (Å²) in [6, 6.07) is 14.0. The summed E-state index contributed by atoms with van der Waals surface area (Å²) < 4.78 is 18.6. The number of carbonyl (C=O) groups is 2. The Morgan fingerprint density at radius 2 is 1.65 bits per heavy atom. The van der Waals surface area contributed by atoms with Crippen LogP contribution in [0.15, 0.2) is 48.5 Å². The number of methoxy groups -OCH3 is 1. The number of halogens is 1. The number of rotatable bonds is 9. The molecule has 0 fully saturated rings. The average molecular weight is 358 g/mol. The largest absolute Gasteiger partial charge is 0.497 e. The first-order valence-corrected chi connectivity index (χ1v) is 8.48. The van der Waals surface area contributed by atoms with Crippen molar-refractivity contribution in [3.63, 3.8) is 0 Å². The summed E-state index contributed by atoms with van der Waals surface area (Å²) in [4.78, 5) is 23.6. The molecule has 0 radical (unpaired) electrons. The van der Waals surface area contributed by atoms with E-state index in [-0.39, 0.29) is 30.6 Å². The zero-order chi connectivity index (χ0) is 18.8. The highest BCUT2D eigenvalue weighted by molar-refractivity contribution is 5.96. The third-order valence-corrected chi connectivity index (χ3v) is 3.87. The summed E-state index contributed by atoms with van der Waals surface area (Å²) in [7, 11) is 1.60. The second kappa shape index (κ2) is 10.2. The number of carbonyl (C=O) groups excluding carboxylic acids is 2. The third kappa shape index (κ3) is 6.55. The monoisotopic (exact) mass is 358 g/mol. The quantitative estimate of drug-likeness (QED) is 0.676. The van der Waals surface area contributed by atoms with Crippen molar-refractivity contribution in [2.75, 3.05) is 20.2 Å². The highest BCUT2D eigenvalue weighted by atomic mass is 19.1. The van der Waals surface area contributed by atoms with Gasteiger partial charge in [-0.2, -0.15) is 0 Å². The van der Waals surface area contributed by atoms with Gasteiger partial charge in [-0.3, -0.25) is 9.59 Å². The highest BCUT2D eigenvalue weighted by Crippen LogP contribution is 2.12. The highest BCUT2D eigenvalue weighted by Gasteiger charge is 2.09. The molecule has 26 heavy (non-hydrogen) atoms. The maximum absolute atomic E-state index is 13.5. The summed E-state index contributed by atoms with van der Waals surface area (Å²) in [6.07, 6.45) is 0.795. The molecule has 138 valence electrons. The van der Waals surface area contributed by atoms with E-state index in [4.69, 9.17) is 4.74 Å². The second-order valence-corrected chi connectivity index (χ2v) is 5.82. The topological polar surface area (TPSA) is 67.4 Å². The first kappa shape index (κ1) is 19.4. The molecule has 2 aromatic rings. The molecule has 0 aliphatic carbocycles. The normalized spacial score (nSPS) is 10.2. The Bertz CT molecular complexity index is 749. The minimum Gasteiger partial charge on any atom is -0.497 e. The lowest BCUT2D eigenvalue weighted by atomic mass is 10.1. The van der Waals surface area contributed by atoms with Gasteiger partial charge in [0.05, 0.1) is 7.11 Å². The van der Waals surface area contributed by atoms with E-state index in [9.17, 15) is 14.0 Å². The lowest BCUT2D eigenvalue weighted by molar-refractivity contribution is -0.129. The molecule has 2 N–H and O–H groups in total. The van der Waals surface area contributed by atoms with Gasteiger partial charge < -0.3 is 15.4 Å². The number of amides is 2. The maximum atomic E-state index is 13.5. The number of ether oxygens (including phenoxy) is 1. The number of hydrogen-bond acceptors (Lipinski definition) is 3. The van der Waals surface area contributed by atoms with Crippen LogP contribution in [0.4, 0.5) is 4.39 Å². The van der Waals surface area contributed by atoms with E-state index >= 15 is 0 Å². The van der Waals surface area contributed by atoms with Gasteiger partial charge in [0, 0.05) is 13.1 Å². The molecule has 0 atom stereocenters. The van der Waals surface area contributed by atoms with Gasteiger partial charge in [-0.15, -0.1) is 0 Å². The number of benzene rings is 2. The van der Waals surface area contributed by atoms with Crippen molar-refractivity contribution < 1.29 is 18.7 Å². The number of hydrogen-bond donors (Lipinski definition) is 2. The molecule has 2 rings (SSSR count). The van der Waals surface area contributed by atoms with Crippen molar-refractivity contribution in [2.45, 2.75) is 19.3 Å². The summed E-state index contributed by atoms with van der Waals surface area (Å²) >= 11 is 0. The molecule has 0 aliphatic rings. The second-order valence-electron chi connectivity index (χ2n) is 5.82. The fourth-order valence-corrected chi connectivity index (χ4v) is 2.48. The standard InChI is InChI=1S/C20H23FN2O3/c1-26-17-7-4-5-15(13-17)9-11-22-19(24)14-20(25)23-12-10-16-6-2-3-8-18(16)21/h2-8,13H,9-12,14H2,1H3,(H,22,24)(H,23,25). The van der Waals surface area contributed by atoms with Gasteiger partial charge in [0.1, 0.15) is 18.0 Å². The van der Waals surface area contributed by atoms with E-state index in [1.54, 1.807) is 25.3 Å². The van der Waals surface area contributed by atoms with Crippen LogP contribution < -0.4 is 15.4 Å². The molecular weight excluding hydrogens is 335 g/mol. The van der Waals surface area contributed by atoms with E-state index in [1.165, 1.54) is 6.07 Å². The Kier molecular flexibility index (Phi) is 7.61. The average Bonchev–Trinajstić information content (AvgIpc) is 2.63. The first-order chi connectivity index (χ1) is 12.6. The Labute approximate surface area is 152 Å². The van der Waals surface area contributed by atoms with Crippen molar-refractivity contribution in [3.8, 4) is 5.75 Å². The van der Waals surface area contributed by atoms with Gasteiger partial charge >= 0.3 is 0 Å². The molecule has 5 nitrogen and oxygen atoms in total. The molecule has 0 heterocycles. The first-order valence-electron chi connectivity index (χ1n) is 8.48. The van der Waals surface area contributed by atoms with Crippen molar-refractivity contribution >= 4 is 11.8 Å². The van der Waals surface area contributed by atoms with Crippen LogP contribution in [0.25, 0.3) is 0 Å². The lowest BCUT2D eigenvalue weighted by Gasteiger charge is -2.08. The predicted octanol–water partition coefficient (Wildman–Crippen LogP) is 2.24. The molecule has 0 saturated heterocycles. The summed E-state index contributed by atoms with van der Waals surface area (Å²) in [5.74, 6) is -0.239. The zero-order valence-electron chi connectivity index (χ0n) is 14.8. The molecule has 0 spiro atoms. The van der Waals surface area contributed by atoms with E-state index in [1.807, 2.05) is 24.3 Å². The SMILES string of the molecule is COc1cccc(CCNC(=O)CC(=O)NCCc2ccccc2F)c1. The smallest absolute Gasteiger partial charge is 0.229 e. The summed E-state index contributed by atoms with van der Waals surface area (Å²) in [6.45, 7) is 0.728. The van der Waals surface area contributed by atoms with Gasteiger partial charge in [0.2, 0.25) is 11.8 Å². The summed E-state index contributed by atoms with van der Waals surface area (Å²) in [5, 5.41) is 5.35. The lowest BCUT2D eigenvalue weighted by Crippen LogP contribution is -2.33. The maximum Gasteiger partial charge on any atom is 0.229 e. The minimum atomic E-state index is -0.375. The van der Waals surface area contributed by atoms with E-state index < -0.39 is 0 Å². The number of nitrogens with one attached hydrogen (secondary N) is 2. The predicted molar refractivity (Wildman–Crippen MR) is 97.4 cm³/mol. The minimum absolute atomic E-state index is 0.241. The third-order valence-electron chi connectivity index (χ3n) is 3.87. The van der Waals surface area contributed by atoms with Crippen LogP contribution in [0.1, 0.15) is 17.5 Å². The van der Waals surface area contributed by atoms with Gasteiger partial charge in [0.25, 0.3) is 0 Å². The molecule has 2 aromatic carbocycles. The Morgan fingerprint density at radius 3 is 2.35 bits per heavy atom. The Hall–Kier alpha value is -2.89. The zero-order valence-corrected chi connectivity index (χ0v) is 14.8. The van der Waals surface area contributed by atoms with Gasteiger partial charge in [0.15, 0.2) is 0 Å². The van der Waals surface area contributed by atoms with Gasteiger partial charge in [-0.1, -0.05) is 30.3 Å². The molecule has 0 aliphatic heterocycles. The van der Waals surface area contributed by atoms with Gasteiger partial charge in [-0.05, 0) is 42.2 Å². The van der Waals surface area contributed by atoms with Crippen molar-refractivity contribution in [3.05, 3.63) is 65.5 Å². The van der Waals surface area contributed by atoms with Crippen LogP contribution in [-0.4, -0.2) is 32.0 Å². The van der Waals surface area contributed by atoms with Crippen LogP contribution >= 0.6 is 0 Å². The summed E-state index contributed by atoms with van der Waals surface area (Å²) in [5.41, 5.74) is 1.58. The Balaban J connectivity index is 1.64. The molecule has 0 bridgehead atoms. The van der Waals surface area contributed by atoms with Crippen LogP contribution in [0, 0.1) is 5.82 Å². The molecule has 0 unspecified atom stereocenters. The molecule has 6 heteroatoms. The molecule has 2 amide bonds. The fourth-order valence-electron chi connectivity index (χ4n) is 2.48. The van der Waals surface area contributed by atoms with E-state index in [2.05, 4.69) is 10.6 Å². The van der Waals surface area contributed by atoms with Crippen molar-refractivity contribution in [1.82, 2.24) is 10.6 Å². The van der Waals surface area contributed by atoms with Gasteiger partial charge in [-0.25, -0.2) is 4.39 Å². The van der Waals surface area contributed by atoms with Crippen LogP contribution in [0.5, 0.6) is 5.75 Å².